The number of hydrogen-bond acceptors (Lipinski definition) is 5. The molecule has 2 atom stereocenters. The van der Waals surface area contributed by atoms with E-state index in [9.17, 15) is 13.2 Å². The Labute approximate surface area is 191 Å². The van der Waals surface area contributed by atoms with Crippen molar-refractivity contribution in [2.75, 3.05) is 24.3 Å². The van der Waals surface area contributed by atoms with Gasteiger partial charge >= 0.3 is 0 Å². The number of methoxy groups -OCH3 is 1. The summed E-state index contributed by atoms with van der Waals surface area (Å²) in [6.45, 7) is 8.12. The van der Waals surface area contributed by atoms with Crippen LogP contribution in [0.25, 0.3) is 0 Å². The lowest BCUT2D eigenvalue weighted by molar-refractivity contribution is -0.123. The molecule has 0 saturated carbocycles. The maximum Gasteiger partial charge on any atom is 0.244 e. The Kier molecular flexibility index (Phi) is 8.95. The zero-order valence-electron chi connectivity index (χ0n) is 19.7. The third kappa shape index (κ3) is 6.16. The van der Waals surface area contributed by atoms with Crippen LogP contribution in [0, 0.1) is 6.92 Å². The molecule has 0 radical (unpaired) electrons. The molecule has 7 nitrogen and oxygen atoms in total. The maximum atomic E-state index is 13.3. The fraction of sp³-hybridized carbons (Fsp3) is 0.458. The Hall–Kier alpha value is -2.74. The van der Waals surface area contributed by atoms with Crippen LogP contribution in [0.1, 0.15) is 50.8 Å². The van der Waals surface area contributed by atoms with E-state index in [0.717, 1.165) is 23.1 Å². The molecule has 8 heteroatoms. The highest BCUT2D eigenvalue weighted by atomic mass is 32.2. The summed E-state index contributed by atoms with van der Waals surface area (Å²) in [7, 11) is -2.09. The van der Waals surface area contributed by atoms with Crippen molar-refractivity contribution in [1.29, 1.82) is 0 Å². The monoisotopic (exact) mass is 462 g/mol. The predicted octanol–water partition coefficient (Wildman–Crippen LogP) is 4.21. The molecular weight excluding hydrogens is 428 g/mol. The second-order valence-electron chi connectivity index (χ2n) is 7.61. The predicted molar refractivity (Wildman–Crippen MR) is 128 cm³/mol. The molecule has 176 valence electrons. The topological polar surface area (TPSA) is 84.9 Å². The number of sulfonamides is 1. The van der Waals surface area contributed by atoms with Gasteiger partial charge in [-0.05, 0) is 68.1 Å². The van der Waals surface area contributed by atoms with Crippen LogP contribution in [-0.2, 0) is 14.8 Å². The van der Waals surface area contributed by atoms with Crippen LogP contribution in [0.4, 0.5) is 5.69 Å². The molecule has 0 saturated heterocycles. The molecule has 2 unspecified atom stereocenters. The average Bonchev–Trinajstić information content (AvgIpc) is 2.75. The summed E-state index contributed by atoms with van der Waals surface area (Å²) >= 11 is 0. The van der Waals surface area contributed by atoms with Crippen molar-refractivity contribution in [2.24, 2.45) is 0 Å². The number of carbonyl (C=O) groups is 1. The van der Waals surface area contributed by atoms with Crippen LogP contribution in [0.2, 0.25) is 0 Å². The van der Waals surface area contributed by atoms with Crippen molar-refractivity contribution in [3.63, 3.8) is 0 Å². The van der Waals surface area contributed by atoms with Crippen molar-refractivity contribution in [1.82, 2.24) is 5.32 Å². The molecule has 0 spiro atoms. The Morgan fingerprint density at radius 2 is 1.72 bits per heavy atom. The minimum absolute atomic E-state index is 0.247. The minimum atomic E-state index is -3.71. The number of carbonyl (C=O) groups excluding carboxylic acids is 1. The van der Waals surface area contributed by atoms with Gasteiger partial charge in [-0.2, -0.15) is 0 Å². The van der Waals surface area contributed by atoms with Crippen LogP contribution >= 0.6 is 0 Å². The van der Waals surface area contributed by atoms with Crippen molar-refractivity contribution >= 4 is 21.6 Å². The van der Waals surface area contributed by atoms with E-state index in [0.29, 0.717) is 30.9 Å². The second kappa shape index (κ2) is 11.2. The third-order valence-corrected chi connectivity index (χ3v) is 6.46. The van der Waals surface area contributed by atoms with Gasteiger partial charge in [0.05, 0.1) is 31.7 Å². The first-order chi connectivity index (χ1) is 15.2. The lowest BCUT2D eigenvalue weighted by Gasteiger charge is -2.31. The number of anilines is 1. The first kappa shape index (κ1) is 25.5. The Morgan fingerprint density at radius 3 is 2.19 bits per heavy atom. The number of nitrogens with one attached hydrogen (secondary N) is 1. The molecule has 0 heterocycles. The summed E-state index contributed by atoms with van der Waals surface area (Å²) in [6, 6.07) is 11.4. The normalized spacial score (nSPS) is 13.2. The molecule has 1 amide bonds. The van der Waals surface area contributed by atoms with Gasteiger partial charge in [0.15, 0.2) is 0 Å². The van der Waals surface area contributed by atoms with Gasteiger partial charge in [0.25, 0.3) is 0 Å². The summed E-state index contributed by atoms with van der Waals surface area (Å²) < 4.78 is 37.3. The first-order valence-electron chi connectivity index (χ1n) is 10.8. The fourth-order valence-electron chi connectivity index (χ4n) is 3.72. The summed E-state index contributed by atoms with van der Waals surface area (Å²) in [5, 5.41) is 3.04. The van der Waals surface area contributed by atoms with E-state index in [-0.39, 0.29) is 11.9 Å². The SMILES string of the molecule is CCOc1ccc(N(C(CC)C(=O)NC(CC)c2ccc(OC)c(C)c2)S(C)(=O)=O)cc1. The van der Waals surface area contributed by atoms with Crippen LogP contribution in [-0.4, -0.2) is 40.3 Å². The van der Waals surface area contributed by atoms with Gasteiger partial charge in [0.1, 0.15) is 17.5 Å². The van der Waals surface area contributed by atoms with Crippen molar-refractivity contribution in [3.8, 4) is 11.5 Å². The van der Waals surface area contributed by atoms with Gasteiger partial charge in [-0.15, -0.1) is 0 Å². The van der Waals surface area contributed by atoms with Crippen LogP contribution in [0.3, 0.4) is 0 Å². The number of benzene rings is 2. The van der Waals surface area contributed by atoms with Gasteiger partial charge in [-0.3, -0.25) is 9.10 Å². The number of hydrogen-bond donors (Lipinski definition) is 1. The summed E-state index contributed by atoms with van der Waals surface area (Å²) in [6.07, 6.45) is 2.10. The van der Waals surface area contributed by atoms with E-state index in [2.05, 4.69) is 5.32 Å². The van der Waals surface area contributed by atoms with E-state index in [1.807, 2.05) is 39.0 Å². The third-order valence-electron chi connectivity index (χ3n) is 5.28. The van der Waals surface area contributed by atoms with Crippen LogP contribution in [0.5, 0.6) is 11.5 Å². The lowest BCUT2D eigenvalue weighted by atomic mass is 10.0. The first-order valence-corrected chi connectivity index (χ1v) is 12.7. The minimum Gasteiger partial charge on any atom is -0.496 e. The quantitative estimate of drug-likeness (QED) is 0.541. The zero-order chi connectivity index (χ0) is 23.9. The van der Waals surface area contributed by atoms with Crippen molar-refractivity contribution in [3.05, 3.63) is 53.6 Å². The van der Waals surface area contributed by atoms with Gasteiger partial charge < -0.3 is 14.8 Å². The molecular formula is C24H34N2O5S. The molecule has 0 aliphatic carbocycles. The van der Waals surface area contributed by atoms with Crippen molar-refractivity contribution < 1.29 is 22.7 Å². The smallest absolute Gasteiger partial charge is 0.244 e. The van der Waals surface area contributed by atoms with Gasteiger partial charge in [-0.1, -0.05) is 26.0 Å². The molecule has 0 aliphatic heterocycles. The lowest BCUT2D eigenvalue weighted by Crippen LogP contribution is -2.50. The largest absolute Gasteiger partial charge is 0.496 e. The van der Waals surface area contributed by atoms with Crippen molar-refractivity contribution in [2.45, 2.75) is 52.6 Å². The molecule has 2 aromatic carbocycles. The fourth-order valence-corrected chi connectivity index (χ4v) is 4.94. The molecule has 1 N–H and O–H groups in total. The van der Waals surface area contributed by atoms with Gasteiger partial charge in [0.2, 0.25) is 15.9 Å². The summed E-state index contributed by atoms with van der Waals surface area (Å²) in [5.41, 5.74) is 2.34. The molecule has 32 heavy (non-hydrogen) atoms. The van der Waals surface area contributed by atoms with E-state index < -0.39 is 16.1 Å². The number of nitrogens with zero attached hydrogens (tertiary/aromatic N) is 1. The molecule has 0 fully saturated rings. The summed E-state index contributed by atoms with van der Waals surface area (Å²) in [5.74, 6) is 1.08. The summed E-state index contributed by atoms with van der Waals surface area (Å²) in [4.78, 5) is 13.3. The molecule has 0 bridgehead atoms. The van der Waals surface area contributed by atoms with E-state index in [1.54, 1.807) is 38.3 Å². The average molecular weight is 463 g/mol. The number of amides is 1. The zero-order valence-corrected chi connectivity index (χ0v) is 20.5. The molecule has 0 aliphatic rings. The number of aryl methyl sites for hydroxylation is 1. The van der Waals surface area contributed by atoms with E-state index in [1.165, 1.54) is 4.31 Å². The maximum absolute atomic E-state index is 13.3. The van der Waals surface area contributed by atoms with E-state index in [4.69, 9.17) is 9.47 Å². The highest BCUT2D eigenvalue weighted by molar-refractivity contribution is 7.92. The highest BCUT2D eigenvalue weighted by Crippen LogP contribution is 2.27. The number of rotatable bonds is 11. The Morgan fingerprint density at radius 1 is 1.06 bits per heavy atom. The Balaban J connectivity index is 2.33. The molecule has 2 aromatic rings. The van der Waals surface area contributed by atoms with E-state index >= 15 is 0 Å². The van der Waals surface area contributed by atoms with Crippen LogP contribution < -0.4 is 19.1 Å². The molecule has 0 aromatic heterocycles. The standard InChI is InChI=1S/C24H34N2O5S/c1-7-21(18-10-15-23(30-5)17(4)16-18)25-24(27)22(8-2)26(32(6,28)29)19-11-13-20(14-12-19)31-9-3/h10-16,21-22H,7-9H2,1-6H3,(H,25,27). The van der Waals surface area contributed by atoms with Gasteiger partial charge in [0, 0.05) is 0 Å². The van der Waals surface area contributed by atoms with Crippen LogP contribution in [0.15, 0.2) is 42.5 Å². The van der Waals surface area contributed by atoms with Gasteiger partial charge in [-0.25, -0.2) is 8.42 Å². The highest BCUT2D eigenvalue weighted by Gasteiger charge is 2.32. The Bertz CT molecular complexity index is 1010. The number of ether oxygens (including phenoxy) is 2. The second-order valence-corrected chi connectivity index (χ2v) is 9.47. The molecule has 2 rings (SSSR count).